The third-order valence-corrected chi connectivity index (χ3v) is 5.24. The molecule has 0 saturated carbocycles. The number of esters is 1. The maximum absolute atomic E-state index is 12.9. The lowest BCUT2D eigenvalue weighted by Gasteiger charge is -2.12. The molecule has 0 fully saturated rings. The Labute approximate surface area is 197 Å². The third-order valence-electron chi connectivity index (χ3n) is 5.24. The van der Waals surface area contributed by atoms with Crippen LogP contribution in [0.15, 0.2) is 93.7 Å². The molecular weight excluding hydrogens is 430 g/mol. The standard InChI is InChI=1S/C28H25NO5/c1-3-5-9-19(4-2)17-33-28(31)26-24(30)15-14-23-27(26)34-25-16-21(12-13-22(25)29-23)32-18-20-10-7-6-8-11-20/h4-16H,3,17-18H2,1-2H3/b9-5-,19-4+. The van der Waals surface area contributed by atoms with Crippen molar-refractivity contribution in [2.45, 2.75) is 26.9 Å². The number of hydrogen-bond acceptors (Lipinski definition) is 6. The molecule has 2 aromatic rings. The first kappa shape index (κ1) is 23.0. The van der Waals surface area contributed by atoms with Gasteiger partial charge in [-0.25, -0.2) is 9.78 Å². The second-order valence-corrected chi connectivity index (χ2v) is 7.65. The lowest BCUT2D eigenvalue weighted by Crippen LogP contribution is -2.19. The van der Waals surface area contributed by atoms with Gasteiger partial charge in [-0.3, -0.25) is 4.79 Å². The maximum atomic E-state index is 12.9. The van der Waals surface area contributed by atoms with E-state index in [1.807, 2.05) is 62.4 Å². The molecule has 0 atom stereocenters. The molecule has 0 saturated heterocycles. The maximum Gasteiger partial charge on any atom is 0.346 e. The number of carbonyl (C=O) groups excluding carboxylic acids is 1. The molecule has 0 spiro atoms. The highest BCUT2D eigenvalue weighted by Crippen LogP contribution is 2.29. The highest BCUT2D eigenvalue weighted by Gasteiger charge is 2.24. The molecule has 0 radical (unpaired) electrons. The van der Waals surface area contributed by atoms with Crippen molar-refractivity contribution < 1.29 is 18.7 Å². The van der Waals surface area contributed by atoms with Crippen molar-refractivity contribution in [3.05, 3.63) is 106 Å². The highest BCUT2D eigenvalue weighted by atomic mass is 16.5. The molecule has 172 valence electrons. The number of nitrogens with zero attached hydrogens (tertiary/aromatic N) is 1. The summed E-state index contributed by atoms with van der Waals surface area (Å²) < 4.78 is 17.3. The molecule has 0 aromatic heterocycles. The van der Waals surface area contributed by atoms with Crippen LogP contribution in [0.3, 0.4) is 0 Å². The Hall–Kier alpha value is -4.19. The Kier molecular flexibility index (Phi) is 7.18. The summed E-state index contributed by atoms with van der Waals surface area (Å²) in [5, 5.41) is 0. The fraction of sp³-hybridized carbons (Fsp3) is 0.179. The van der Waals surface area contributed by atoms with E-state index in [1.165, 1.54) is 6.07 Å². The molecule has 2 aromatic carbocycles. The van der Waals surface area contributed by atoms with E-state index in [2.05, 4.69) is 4.98 Å². The number of benzene rings is 3. The minimum atomic E-state index is -0.749. The topological polar surface area (TPSA) is 78.6 Å². The van der Waals surface area contributed by atoms with Crippen LogP contribution in [0.4, 0.5) is 0 Å². The molecule has 1 aliphatic carbocycles. The lowest BCUT2D eigenvalue weighted by atomic mass is 10.1. The summed E-state index contributed by atoms with van der Waals surface area (Å²) in [6.45, 7) is 4.34. The number of carbonyl (C=O) groups is 1. The highest BCUT2D eigenvalue weighted by molar-refractivity contribution is 5.96. The molecule has 4 rings (SSSR count). The van der Waals surface area contributed by atoms with Gasteiger partial charge in [0.1, 0.15) is 30.2 Å². The van der Waals surface area contributed by atoms with Gasteiger partial charge >= 0.3 is 5.97 Å². The van der Waals surface area contributed by atoms with Crippen molar-refractivity contribution in [3.8, 4) is 17.2 Å². The average Bonchev–Trinajstić information content (AvgIpc) is 2.86. The van der Waals surface area contributed by atoms with E-state index in [0.29, 0.717) is 29.2 Å². The zero-order valence-corrected chi connectivity index (χ0v) is 19.1. The van der Waals surface area contributed by atoms with Crippen LogP contribution in [0.5, 0.6) is 5.75 Å². The van der Waals surface area contributed by atoms with Gasteiger partial charge in [0.15, 0.2) is 22.3 Å². The number of allylic oxidation sites excluding steroid dienone is 2. The van der Waals surface area contributed by atoms with Gasteiger partial charge in [-0.15, -0.1) is 0 Å². The van der Waals surface area contributed by atoms with Gasteiger partial charge in [0.25, 0.3) is 0 Å². The molecule has 1 aliphatic heterocycles. The largest absolute Gasteiger partial charge is 0.489 e. The number of rotatable bonds is 8. The molecular formula is C28H25NO5. The molecule has 0 bridgehead atoms. The summed E-state index contributed by atoms with van der Waals surface area (Å²) in [5.41, 5.74) is 2.60. The second kappa shape index (κ2) is 10.6. The van der Waals surface area contributed by atoms with Crippen LogP contribution in [0.25, 0.3) is 22.6 Å². The Morgan fingerprint density at radius 1 is 1.09 bits per heavy atom. The Morgan fingerprint density at radius 2 is 1.91 bits per heavy atom. The predicted molar refractivity (Wildman–Crippen MR) is 131 cm³/mol. The van der Waals surface area contributed by atoms with Crippen LogP contribution in [0, 0.1) is 0 Å². The average molecular weight is 456 g/mol. The summed E-state index contributed by atoms with van der Waals surface area (Å²) in [5.74, 6) is -0.0679. The Bertz CT molecular complexity index is 1390. The zero-order valence-electron chi connectivity index (χ0n) is 19.1. The van der Waals surface area contributed by atoms with E-state index >= 15 is 0 Å². The SMILES string of the molecule is C/C=C(\C=C/CC)COC(=O)c1c2oc3cc(OCc4ccccc4)ccc3nc-2ccc1=O. The molecule has 1 heterocycles. The van der Waals surface area contributed by atoms with E-state index in [9.17, 15) is 9.59 Å². The summed E-state index contributed by atoms with van der Waals surface area (Å²) in [6, 6.07) is 17.9. The van der Waals surface area contributed by atoms with Crippen LogP contribution in [0.1, 0.15) is 36.2 Å². The van der Waals surface area contributed by atoms with Gasteiger partial charge < -0.3 is 13.9 Å². The van der Waals surface area contributed by atoms with Gasteiger partial charge in [-0.2, -0.15) is 0 Å². The summed E-state index contributed by atoms with van der Waals surface area (Å²) in [6.07, 6.45) is 6.60. The molecule has 2 aliphatic rings. The Balaban J connectivity index is 1.63. The van der Waals surface area contributed by atoms with Gasteiger partial charge in [-0.05, 0) is 48.7 Å². The van der Waals surface area contributed by atoms with Crippen LogP contribution >= 0.6 is 0 Å². The van der Waals surface area contributed by atoms with Gasteiger partial charge in [0.05, 0.1) is 0 Å². The third kappa shape index (κ3) is 5.23. The minimum absolute atomic E-state index is 0.0557. The smallest absolute Gasteiger partial charge is 0.346 e. The molecule has 34 heavy (non-hydrogen) atoms. The molecule has 0 unspecified atom stereocenters. The lowest BCUT2D eigenvalue weighted by molar-refractivity contribution is 0.0540. The summed E-state index contributed by atoms with van der Waals surface area (Å²) >= 11 is 0. The number of ether oxygens (including phenoxy) is 2. The molecule has 6 heteroatoms. The summed E-state index contributed by atoms with van der Waals surface area (Å²) in [7, 11) is 0. The Morgan fingerprint density at radius 3 is 2.68 bits per heavy atom. The molecule has 0 N–H and O–H groups in total. The van der Waals surface area contributed by atoms with Crippen molar-refractivity contribution in [1.29, 1.82) is 0 Å². The van der Waals surface area contributed by atoms with Crippen molar-refractivity contribution in [1.82, 2.24) is 4.98 Å². The second-order valence-electron chi connectivity index (χ2n) is 7.65. The van der Waals surface area contributed by atoms with Crippen molar-refractivity contribution in [3.63, 3.8) is 0 Å². The van der Waals surface area contributed by atoms with Crippen molar-refractivity contribution in [2.24, 2.45) is 0 Å². The van der Waals surface area contributed by atoms with Crippen LogP contribution < -0.4 is 10.2 Å². The van der Waals surface area contributed by atoms with Crippen molar-refractivity contribution >= 4 is 17.1 Å². The fourth-order valence-electron chi connectivity index (χ4n) is 3.40. The fourth-order valence-corrected chi connectivity index (χ4v) is 3.40. The molecule has 0 amide bonds. The first-order chi connectivity index (χ1) is 16.6. The quantitative estimate of drug-likeness (QED) is 0.186. The van der Waals surface area contributed by atoms with E-state index in [-0.39, 0.29) is 17.9 Å². The predicted octanol–water partition coefficient (Wildman–Crippen LogP) is 5.94. The molecule has 6 nitrogen and oxygen atoms in total. The van der Waals surface area contributed by atoms with E-state index < -0.39 is 11.4 Å². The van der Waals surface area contributed by atoms with Gasteiger partial charge in [-0.1, -0.05) is 55.5 Å². The first-order valence-corrected chi connectivity index (χ1v) is 11.1. The van der Waals surface area contributed by atoms with Gasteiger partial charge in [0, 0.05) is 6.07 Å². The van der Waals surface area contributed by atoms with E-state index in [0.717, 1.165) is 17.6 Å². The minimum Gasteiger partial charge on any atom is -0.489 e. The summed E-state index contributed by atoms with van der Waals surface area (Å²) in [4.78, 5) is 30.0. The van der Waals surface area contributed by atoms with E-state index in [4.69, 9.17) is 13.9 Å². The van der Waals surface area contributed by atoms with Crippen LogP contribution in [-0.2, 0) is 11.3 Å². The zero-order chi connectivity index (χ0) is 23.9. The number of hydrogen-bond donors (Lipinski definition) is 0. The van der Waals surface area contributed by atoms with Gasteiger partial charge in [0.2, 0.25) is 0 Å². The number of aromatic nitrogens is 1. The number of fused-ring (bicyclic) bond motifs is 2. The first-order valence-electron chi connectivity index (χ1n) is 11.1. The van der Waals surface area contributed by atoms with E-state index in [1.54, 1.807) is 24.3 Å². The van der Waals surface area contributed by atoms with Crippen molar-refractivity contribution in [2.75, 3.05) is 6.61 Å². The monoisotopic (exact) mass is 455 g/mol. The van der Waals surface area contributed by atoms with Crippen LogP contribution in [0.2, 0.25) is 0 Å². The van der Waals surface area contributed by atoms with Crippen LogP contribution in [-0.4, -0.2) is 17.6 Å². The normalized spacial score (nSPS) is 11.9.